The Labute approximate surface area is 948 Å². The number of aromatic carboxylic acids is 8. The van der Waals surface area contributed by atoms with Crippen molar-refractivity contribution in [3.63, 3.8) is 0 Å². The predicted octanol–water partition coefficient (Wildman–Crippen LogP) is -23.8. The van der Waals surface area contributed by atoms with Crippen molar-refractivity contribution in [1.82, 2.24) is 19.9 Å². The number of unbranched alkanes of at least 4 members (excludes halogenated alkanes) is 4. The first-order valence-electron chi connectivity index (χ1n) is 30.2. The summed E-state index contributed by atoms with van der Waals surface area (Å²) in [5.74, 6) is -11.6. The number of benzene rings is 4. The summed E-state index contributed by atoms with van der Waals surface area (Å²) in [5, 5.41) is 91.2. The van der Waals surface area contributed by atoms with E-state index in [2.05, 4.69) is 19.9 Å². The molecule has 106 heavy (non-hydrogen) atoms. The van der Waals surface area contributed by atoms with Gasteiger partial charge in [-0.2, -0.15) is 0 Å². The maximum Gasteiger partial charge on any atom is 1.00 e. The van der Waals surface area contributed by atoms with Gasteiger partial charge in [0.05, 0.1) is 146 Å². The monoisotopic (exact) mass is 1650 g/mol. The van der Waals surface area contributed by atoms with Gasteiger partial charge in [0.1, 0.15) is 46.0 Å². The summed E-state index contributed by atoms with van der Waals surface area (Å²) < 4.78 is 46.9. The molecule has 0 radical (unpaired) electrons. The number of carbonyl (C=O) groups excluding carboxylic acids is 8. The number of aromatic nitrogens is 4. The molecule has 0 saturated heterocycles. The molecular formula is C70H56K8N4O24. The van der Waals surface area contributed by atoms with Gasteiger partial charge >= 0.3 is 411 Å². The fourth-order valence-electron chi connectivity index (χ4n) is 9.31. The second-order valence-corrected chi connectivity index (χ2v) is 21.1. The van der Waals surface area contributed by atoms with Crippen LogP contribution in [0.25, 0.3) is 11.1 Å². The van der Waals surface area contributed by atoms with E-state index in [4.69, 9.17) is 37.9 Å². The van der Waals surface area contributed by atoms with Gasteiger partial charge in [-0.1, -0.05) is 48.5 Å². The third kappa shape index (κ3) is 35.9. The van der Waals surface area contributed by atoms with Crippen LogP contribution in [0, 0.1) is 0 Å². The molecular weight excluding hydrogens is 1590 g/mol. The first-order valence-corrected chi connectivity index (χ1v) is 30.2. The first-order chi connectivity index (χ1) is 47.2. The summed E-state index contributed by atoms with van der Waals surface area (Å²) in [6.07, 6.45) is 3.64. The van der Waals surface area contributed by atoms with E-state index in [0.717, 1.165) is 81.9 Å². The summed E-state index contributed by atoms with van der Waals surface area (Å²) in [5.41, 5.74) is -0.534. The molecule has 0 aliphatic carbocycles. The molecule has 0 amide bonds. The molecule has 508 valence electrons. The third-order valence-corrected chi connectivity index (χ3v) is 14.0. The SMILES string of the molecule is O=C([O-])c1cc(OCCCCOc2ccc(C(=C(c3ccc(OCCCCOc4cc(C(=O)[O-])nc(C(=O)[O-])c4)cc3)c3ccc(OCCCCOc4cc(C(=O)[O-])nc(C(=O)[O-])c4)cc3)c3ccc(OCCCCOc4cc(C(=O)[O-])nc(C(=O)[O-])c4)cc3)cc2)cc(C(=O)[O-])n1.[K+].[K+].[K+].[K+].[K+].[K+].[K+].[K+]. The molecule has 28 nitrogen and oxygen atoms in total. The van der Waals surface area contributed by atoms with E-state index >= 15 is 0 Å². The molecule has 4 aromatic heterocycles. The van der Waals surface area contributed by atoms with E-state index < -0.39 is 93.3 Å². The molecule has 0 N–H and O–H groups in total. The van der Waals surface area contributed by atoms with Crippen LogP contribution in [0.4, 0.5) is 0 Å². The third-order valence-electron chi connectivity index (χ3n) is 14.0. The Morgan fingerprint density at radius 1 is 0.208 bits per heavy atom. The second-order valence-electron chi connectivity index (χ2n) is 21.1. The number of carboxylic acids is 8. The summed E-state index contributed by atoms with van der Waals surface area (Å²) in [6.45, 7) is 1.28. The number of rotatable bonds is 40. The number of ether oxygens (including phenoxy) is 8. The number of pyridine rings is 4. The Balaban J connectivity index is 0.0000138. The van der Waals surface area contributed by atoms with Crippen molar-refractivity contribution in [2.45, 2.75) is 51.4 Å². The van der Waals surface area contributed by atoms with E-state index in [9.17, 15) is 79.2 Å². The van der Waals surface area contributed by atoms with Crippen molar-refractivity contribution < 1.29 is 528 Å². The van der Waals surface area contributed by atoms with E-state index in [0.29, 0.717) is 74.4 Å². The molecule has 0 atom stereocenters. The predicted molar refractivity (Wildman–Crippen MR) is 323 cm³/mol. The van der Waals surface area contributed by atoms with Crippen molar-refractivity contribution in [3.05, 3.63) is 213 Å². The second kappa shape index (κ2) is 56.7. The Bertz CT molecular complexity index is 3580. The van der Waals surface area contributed by atoms with Crippen LogP contribution in [0.2, 0.25) is 0 Å². The Kier molecular flexibility index (Phi) is 57.0. The standard InChI is InChI=1S/C70H64N4O24.8K/c75-63(76)53-33-49(34-54(71-53)64(77)78)95-29-5-1-25-91-45-17-9-41(10-18-45)61(42-11-19-46(20-12-42)92-26-2-6-30-96-50-35-55(65(79)80)72-56(36-50)66(81)82)62(43-13-21-47(22-14-43)93-27-3-7-31-97-51-37-57(67(83)84)73-58(38-51)68(85)86)44-15-23-48(24-16-44)94-28-4-8-32-98-52-39-59(69(87)88)74-60(40-52)70(89)90;;;;;;;;/h9-24,33-40H,1-8,25-32H2,(H,75,76)(H,77,78)(H,79,80)(H,81,82)(H,83,84)(H,85,86)(H,87,88)(H,89,90);;;;;;;;/q;8*+1/p-8. The zero-order chi connectivity index (χ0) is 70.1. The first kappa shape index (κ1) is 106. The van der Waals surface area contributed by atoms with Crippen molar-refractivity contribution >= 4 is 58.9 Å². The smallest absolute Gasteiger partial charge is 0.543 e. The van der Waals surface area contributed by atoms with Crippen LogP contribution in [0.1, 0.15) is 158 Å². The van der Waals surface area contributed by atoms with Gasteiger partial charge in [0.2, 0.25) is 0 Å². The van der Waals surface area contributed by atoms with Crippen LogP contribution in [-0.4, -0.2) is 121 Å². The maximum absolute atomic E-state index is 11.4. The van der Waals surface area contributed by atoms with Gasteiger partial charge in [-0.25, -0.2) is 19.9 Å². The number of carbonyl (C=O) groups is 8. The minimum Gasteiger partial charge on any atom is -0.543 e. The van der Waals surface area contributed by atoms with Gasteiger partial charge in [0.15, 0.2) is 0 Å². The minimum absolute atomic E-state index is 0. The molecule has 0 fully saturated rings. The largest absolute Gasteiger partial charge is 1.00 e. The fraction of sp³-hybridized carbons (Fsp3) is 0.229. The number of carboxylic acid groups (broad SMARTS) is 8. The zero-order valence-corrected chi connectivity index (χ0v) is 84.7. The summed E-state index contributed by atoms with van der Waals surface area (Å²) >= 11 is 0. The molecule has 0 aliphatic rings. The molecule has 0 bridgehead atoms. The van der Waals surface area contributed by atoms with E-state index in [1.54, 1.807) is 48.5 Å². The van der Waals surface area contributed by atoms with Gasteiger partial charge in [-0.3, -0.25) is 0 Å². The summed E-state index contributed by atoms with van der Waals surface area (Å²) in [7, 11) is 0. The number of hydrogen-bond donors (Lipinski definition) is 0. The molecule has 0 saturated carbocycles. The molecule has 8 rings (SSSR count). The number of nitrogens with zero attached hydrogens (tertiary/aromatic N) is 4. The van der Waals surface area contributed by atoms with Crippen LogP contribution in [-0.2, 0) is 0 Å². The average molecular weight is 1650 g/mol. The van der Waals surface area contributed by atoms with Crippen molar-refractivity contribution in [3.8, 4) is 46.0 Å². The average Bonchev–Trinajstić information content (AvgIpc) is 0.778. The van der Waals surface area contributed by atoms with Crippen molar-refractivity contribution in [2.24, 2.45) is 0 Å². The molecule has 4 heterocycles. The maximum atomic E-state index is 11.4. The van der Waals surface area contributed by atoms with Gasteiger partial charge in [-0.05, 0) is 133 Å². The molecule has 0 aliphatic heterocycles. The van der Waals surface area contributed by atoms with Crippen molar-refractivity contribution in [2.75, 3.05) is 52.9 Å². The Morgan fingerprint density at radius 3 is 0.453 bits per heavy atom. The molecule has 4 aromatic carbocycles. The van der Waals surface area contributed by atoms with Crippen LogP contribution in [0.5, 0.6) is 46.0 Å². The quantitative estimate of drug-likeness (QED) is 0.0195. The van der Waals surface area contributed by atoms with Crippen LogP contribution in [0.15, 0.2) is 146 Å². The van der Waals surface area contributed by atoms with E-state index in [1.165, 1.54) is 0 Å². The van der Waals surface area contributed by atoms with Crippen LogP contribution < -0.4 is 490 Å². The summed E-state index contributed by atoms with van der Waals surface area (Å²) in [6, 6.07) is 37.9. The Morgan fingerprint density at radius 2 is 0.330 bits per heavy atom. The fourth-order valence-corrected chi connectivity index (χ4v) is 9.31. The molecule has 36 heteroatoms. The molecule has 0 unspecified atom stereocenters. The Hall–Kier alpha value is 0.471. The van der Waals surface area contributed by atoms with E-state index in [1.807, 2.05) is 48.5 Å². The topological polar surface area (TPSA) is 446 Å². The van der Waals surface area contributed by atoms with Gasteiger partial charge < -0.3 is 117 Å². The van der Waals surface area contributed by atoms with Gasteiger partial charge in [0, 0.05) is 48.5 Å². The zero-order valence-electron chi connectivity index (χ0n) is 59.8. The van der Waals surface area contributed by atoms with Crippen LogP contribution in [0.3, 0.4) is 0 Å². The summed E-state index contributed by atoms with van der Waals surface area (Å²) in [4.78, 5) is 105. The van der Waals surface area contributed by atoms with Crippen LogP contribution >= 0.6 is 0 Å². The molecule has 0 spiro atoms. The number of hydrogen-bond acceptors (Lipinski definition) is 28. The molecule has 8 aromatic rings. The van der Waals surface area contributed by atoms with Gasteiger partial charge in [0.25, 0.3) is 0 Å². The van der Waals surface area contributed by atoms with Gasteiger partial charge in [-0.15, -0.1) is 0 Å². The normalized spacial score (nSPS) is 9.92. The van der Waals surface area contributed by atoms with E-state index in [-0.39, 0.29) is 487 Å². The van der Waals surface area contributed by atoms with Crippen molar-refractivity contribution in [1.29, 1.82) is 0 Å². The minimum atomic E-state index is -1.69.